The maximum Gasteiger partial charge on any atom is 0.408 e. The highest BCUT2D eigenvalue weighted by molar-refractivity contribution is 5.77. The molecule has 0 bridgehead atoms. The zero-order valence-electron chi connectivity index (χ0n) is 13.8. The van der Waals surface area contributed by atoms with Gasteiger partial charge in [0.2, 0.25) is 0 Å². The molecule has 0 aliphatic rings. The maximum atomic E-state index is 11.9. The van der Waals surface area contributed by atoms with Crippen molar-refractivity contribution in [3.63, 3.8) is 0 Å². The van der Waals surface area contributed by atoms with E-state index in [2.05, 4.69) is 10.1 Å². The van der Waals surface area contributed by atoms with Crippen LogP contribution < -0.4 is 5.32 Å². The lowest BCUT2D eigenvalue weighted by molar-refractivity contribution is -0.384. The van der Waals surface area contributed by atoms with E-state index in [-0.39, 0.29) is 11.3 Å². The molecule has 2 N–H and O–H groups in total. The highest BCUT2D eigenvalue weighted by Crippen LogP contribution is 2.22. The summed E-state index contributed by atoms with van der Waals surface area (Å²) < 4.78 is 9.56. The molecule has 1 rings (SSSR count). The zero-order valence-corrected chi connectivity index (χ0v) is 13.8. The van der Waals surface area contributed by atoms with E-state index in [4.69, 9.17) is 4.74 Å². The molecular formula is C15H20N2O7. The van der Waals surface area contributed by atoms with Crippen molar-refractivity contribution in [3.05, 3.63) is 39.9 Å². The van der Waals surface area contributed by atoms with E-state index in [1.807, 2.05) is 0 Å². The second-order valence-electron chi connectivity index (χ2n) is 5.94. The van der Waals surface area contributed by atoms with E-state index in [0.29, 0.717) is 0 Å². The van der Waals surface area contributed by atoms with Crippen molar-refractivity contribution in [3.8, 4) is 0 Å². The average Bonchev–Trinajstić information content (AvgIpc) is 2.49. The Kier molecular flexibility index (Phi) is 6.24. The Bertz CT molecular complexity index is 607. The number of carbonyl (C=O) groups excluding carboxylic acids is 2. The summed E-state index contributed by atoms with van der Waals surface area (Å²) >= 11 is 0. The fourth-order valence-corrected chi connectivity index (χ4v) is 1.84. The number of alkyl carbamates (subject to hydrolysis) is 1. The van der Waals surface area contributed by atoms with Crippen LogP contribution in [0.15, 0.2) is 24.3 Å². The van der Waals surface area contributed by atoms with Crippen LogP contribution in [0.5, 0.6) is 0 Å². The molecule has 0 aliphatic heterocycles. The third-order valence-corrected chi connectivity index (χ3v) is 2.89. The van der Waals surface area contributed by atoms with Gasteiger partial charge >= 0.3 is 12.1 Å². The Hall–Kier alpha value is -2.68. The summed E-state index contributed by atoms with van der Waals surface area (Å²) in [6.45, 7) is 4.97. The number of nitrogens with zero attached hydrogens (tertiary/aromatic N) is 1. The van der Waals surface area contributed by atoms with Crippen LogP contribution in [0, 0.1) is 10.1 Å². The number of methoxy groups -OCH3 is 1. The molecule has 132 valence electrons. The van der Waals surface area contributed by atoms with Crippen molar-refractivity contribution >= 4 is 17.7 Å². The molecule has 0 saturated heterocycles. The number of ether oxygens (including phenoxy) is 2. The molecule has 0 unspecified atom stereocenters. The van der Waals surface area contributed by atoms with Gasteiger partial charge < -0.3 is 19.9 Å². The van der Waals surface area contributed by atoms with Crippen molar-refractivity contribution < 1.29 is 29.1 Å². The molecule has 9 nitrogen and oxygen atoms in total. The van der Waals surface area contributed by atoms with Crippen LogP contribution in [0.25, 0.3) is 0 Å². The number of hydrogen-bond donors (Lipinski definition) is 2. The molecular weight excluding hydrogens is 320 g/mol. The first-order valence-electron chi connectivity index (χ1n) is 7.05. The van der Waals surface area contributed by atoms with Crippen LogP contribution in [0.3, 0.4) is 0 Å². The van der Waals surface area contributed by atoms with Crippen LogP contribution >= 0.6 is 0 Å². The minimum absolute atomic E-state index is 0.165. The zero-order chi connectivity index (χ0) is 18.5. The third kappa shape index (κ3) is 5.51. The summed E-state index contributed by atoms with van der Waals surface area (Å²) in [4.78, 5) is 33.6. The van der Waals surface area contributed by atoms with Crippen LogP contribution in [0.1, 0.15) is 32.4 Å². The van der Waals surface area contributed by atoms with Crippen molar-refractivity contribution in [1.29, 1.82) is 0 Å². The molecule has 0 spiro atoms. The molecule has 1 aromatic rings. The molecule has 0 fully saturated rings. The Morgan fingerprint density at radius 3 is 2.21 bits per heavy atom. The minimum Gasteiger partial charge on any atom is -0.467 e. The standard InChI is InChI=1S/C15H20N2O7/c1-15(2,3)24-14(20)16-11(12(18)13(19)23-4)9-5-7-10(8-6-9)17(21)22/h5-8,11-12,18H,1-4H3,(H,16,20)/t11-,12+/m1/s1. The quantitative estimate of drug-likeness (QED) is 0.474. The van der Waals surface area contributed by atoms with Gasteiger partial charge in [-0.15, -0.1) is 0 Å². The summed E-state index contributed by atoms with van der Waals surface area (Å²) in [5.41, 5.74) is -0.660. The lowest BCUT2D eigenvalue weighted by Crippen LogP contribution is -2.43. The normalized spacial score (nSPS) is 13.5. The van der Waals surface area contributed by atoms with E-state index in [9.17, 15) is 24.8 Å². The number of nitrogens with one attached hydrogen (secondary N) is 1. The second-order valence-corrected chi connectivity index (χ2v) is 5.94. The van der Waals surface area contributed by atoms with Gasteiger partial charge in [-0.25, -0.2) is 9.59 Å². The number of rotatable bonds is 5. The number of aliphatic hydroxyl groups excluding tert-OH is 1. The van der Waals surface area contributed by atoms with E-state index in [1.54, 1.807) is 20.8 Å². The molecule has 2 atom stereocenters. The summed E-state index contributed by atoms with van der Waals surface area (Å²) in [5, 5.41) is 23.1. The van der Waals surface area contributed by atoms with Gasteiger partial charge in [0.05, 0.1) is 18.1 Å². The average molecular weight is 340 g/mol. The SMILES string of the molecule is COC(=O)[C@@H](O)[C@H](NC(=O)OC(C)(C)C)c1ccc([N+](=O)[O-])cc1. The molecule has 0 saturated carbocycles. The van der Waals surface area contributed by atoms with Gasteiger partial charge in [0.15, 0.2) is 6.10 Å². The fraction of sp³-hybridized carbons (Fsp3) is 0.467. The molecule has 9 heteroatoms. The van der Waals surface area contributed by atoms with Gasteiger partial charge in [-0.3, -0.25) is 10.1 Å². The van der Waals surface area contributed by atoms with Crippen molar-refractivity contribution in [2.24, 2.45) is 0 Å². The second kappa shape index (κ2) is 7.73. The van der Waals surface area contributed by atoms with Gasteiger partial charge in [0.1, 0.15) is 5.60 Å². The molecule has 0 heterocycles. The van der Waals surface area contributed by atoms with Gasteiger partial charge in [-0.05, 0) is 26.3 Å². The Morgan fingerprint density at radius 2 is 1.79 bits per heavy atom. The maximum absolute atomic E-state index is 11.9. The summed E-state index contributed by atoms with van der Waals surface area (Å²) in [6, 6.07) is 3.86. The molecule has 0 aliphatic carbocycles. The minimum atomic E-state index is -1.70. The Labute approximate surface area is 138 Å². The smallest absolute Gasteiger partial charge is 0.408 e. The van der Waals surface area contributed by atoms with Crippen molar-refractivity contribution in [1.82, 2.24) is 5.32 Å². The molecule has 0 radical (unpaired) electrons. The summed E-state index contributed by atoms with van der Waals surface area (Å²) in [5.74, 6) is -0.964. The first-order valence-corrected chi connectivity index (χ1v) is 7.05. The molecule has 24 heavy (non-hydrogen) atoms. The number of hydrogen-bond acceptors (Lipinski definition) is 7. The van der Waals surface area contributed by atoms with Crippen LogP contribution in [0.4, 0.5) is 10.5 Å². The number of esters is 1. The Morgan fingerprint density at radius 1 is 1.25 bits per heavy atom. The molecule has 1 amide bonds. The highest BCUT2D eigenvalue weighted by Gasteiger charge is 2.31. The monoisotopic (exact) mass is 340 g/mol. The lowest BCUT2D eigenvalue weighted by atomic mass is 10.0. The van der Waals surface area contributed by atoms with Crippen molar-refractivity contribution in [2.45, 2.75) is 38.5 Å². The van der Waals surface area contributed by atoms with E-state index in [0.717, 1.165) is 7.11 Å². The lowest BCUT2D eigenvalue weighted by Gasteiger charge is -2.25. The van der Waals surface area contributed by atoms with E-state index in [1.165, 1.54) is 24.3 Å². The van der Waals surface area contributed by atoms with Gasteiger partial charge in [0, 0.05) is 12.1 Å². The van der Waals surface area contributed by atoms with Crippen molar-refractivity contribution in [2.75, 3.05) is 7.11 Å². The van der Waals surface area contributed by atoms with Crippen LogP contribution in [-0.2, 0) is 14.3 Å². The van der Waals surface area contributed by atoms with E-state index < -0.39 is 34.7 Å². The Balaban J connectivity index is 3.07. The number of nitro groups is 1. The number of non-ortho nitro benzene ring substituents is 1. The number of nitro benzene ring substituents is 1. The molecule has 0 aromatic heterocycles. The molecule has 1 aromatic carbocycles. The van der Waals surface area contributed by atoms with Gasteiger partial charge in [-0.2, -0.15) is 0 Å². The number of aliphatic hydroxyl groups is 1. The first-order chi connectivity index (χ1) is 11.0. The van der Waals surface area contributed by atoms with E-state index >= 15 is 0 Å². The third-order valence-electron chi connectivity index (χ3n) is 2.89. The number of carbonyl (C=O) groups is 2. The van der Waals surface area contributed by atoms with Gasteiger partial charge in [-0.1, -0.05) is 12.1 Å². The largest absolute Gasteiger partial charge is 0.467 e. The van der Waals surface area contributed by atoms with Gasteiger partial charge in [0.25, 0.3) is 5.69 Å². The predicted molar refractivity (Wildman–Crippen MR) is 83.2 cm³/mol. The topological polar surface area (TPSA) is 128 Å². The number of benzene rings is 1. The predicted octanol–water partition coefficient (Wildman–Crippen LogP) is 1.69. The van der Waals surface area contributed by atoms with Crippen LogP contribution in [-0.4, -0.2) is 40.9 Å². The summed E-state index contributed by atoms with van der Waals surface area (Å²) in [6.07, 6.45) is -2.56. The number of amides is 1. The first kappa shape index (κ1) is 19.4. The van der Waals surface area contributed by atoms with Crippen LogP contribution in [0.2, 0.25) is 0 Å². The highest BCUT2D eigenvalue weighted by atomic mass is 16.6. The fourth-order valence-electron chi connectivity index (χ4n) is 1.84. The summed E-state index contributed by atoms with van der Waals surface area (Å²) in [7, 11) is 1.09.